The number of allylic oxidation sites excluding steroid dienone is 4. The maximum Gasteiger partial charge on any atom is 0.0463 e. The number of benzene rings is 5. The van der Waals surface area contributed by atoms with Crippen molar-refractivity contribution in [2.75, 3.05) is 9.80 Å². The van der Waals surface area contributed by atoms with Crippen LogP contribution in [0, 0.1) is 0 Å². The van der Waals surface area contributed by atoms with Crippen molar-refractivity contribution < 1.29 is 0 Å². The third kappa shape index (κ3) is 6.75. The predicted molar refractivity (Wildman–Crippen MR) is 211 cm³/mol. The zero-order valence-corrected chi connectivity index (χ0v) is 29.9. The van der Waals surface area contributed by atoms with E-state index in [2.05, 4.69) is 178 Å². The van der Waals surface area contributed by atoms with E-state index in [1.54, 1.807) is 11.1 Å². The van der Waals surface area contributed by atoms with Crippen molar-refractivity contribution in [3.63, 3.8) is 0 Å². The lowest BCUT2D eigenvalue weighted by molar-refractivity contribution is 0.506. The molecule has 248 valence electrons. The van der Waals surface area contributed by atoms with E-state index in [9.17, 15) is 0 Å². The highest BCUT2D eigenvalue weighted by Crippen LogP contribution is 2.44. The molecule has 0 aliphatic heterocycles. The van der Waals surface area contributed by atoms with Gasteiger partial charge in [-0.1, -0.05) is 107 Å². The fraction of sp³-hybridized carbons (Fsp3) is 0.277. The smallest absolute Gasteiger partial charge is 0.0463 e. The molecule has 5 aromatic rings. The maximum absolute atomic E-state index is 2.49. The minimum Gasteiger partial charge on any atom is -0.314 e. The minimum atomic E-state index is 0.165. The summed E-state index contributed by atoms with van der Waals surface area (Å²) in [5, 5.41) is 0. The van der Waals surface area contributed by atoms with Crippen LogP contribution in [0.1, 0.15) is 90.2 Å². The van der Waals surface area contributed by atoms with E-state index in [0.717, 1.165) is 36.3 Å². The second kappa shape index (κ2) is 14.0. The molecule has 0 bridgehead atoms. The average Bonchev–Trinajstić information content (AvgIpc) is 3.14. The Morgan fingerprint density at radius 1 is 0.551 bits per heavy atom. The molecule has 0 N–H and O–H groups in total. The van der Waals surface area contributed by atoms with Gasteiger partial charge in [0, 0.05) is 34.1 Å². The van der Waals surface area contributed by atoms with Crippen LogP contribution in [0.3, 0.4) is 0 Å². The van der Waals surface area contributed by atoms with Gasteiger partial charge in [-0.15, -0.1) is 0 Å². The number of rotatable bonds is 11. The van der Waals surface area contributed by atoms with E-state index in [1.165, 1.54) is 58.6 Å². The molecule has 1 atom stereocenters. The lowest BCUT2D eigenvalue weighted by Gasteiger charge is -2.35. The van der Waals surface area contributed by atoms with Gasteiger partial charge in [-0.25, -0.2) is 0 Å². The molecule has 0 amide bonds. The number of para-hydroxylation sites is 1. The Balaban J connectivity index is 1.22. The Labute approximate surface area is 294 Å². The molecule has 2 heteroatoms. The molecule has 0 spiro atoms. The normalized spacial score (nSPS) is 14.8. The average molecular weight is 643 g/mol. The number of hydrogen-bond donors (Lipinski definition) is 0. The molecule has 1 unspecified atom stereocenters. The van der Waals surface area contributed by atoms with Crippen LogP contribution < -0.4 is 9.80 Å². The standard InChI is InChI=1S/C47H50N2/c1-6-34(3)35-13-15-36(16-14-35)37-19-24-42(25-20-37)48(41-11-9-8-10-12-41)44-29-31-45(32-30-44)49(46-26-21-38-17-18-39(38)33-46)43-27-22-40(23-28-43)47(4,5)7-2/h8-16,19-20,22-25,27-34H,6-7,17-18,21,26H2,1-5H3. The Morgan fingerprint density at radius 3 is 1.55 bits per heavy atom. The Hall–Kier alpha value is -4.82. The molecule has 2 nitrogen and oxygen atoms in total. The molecular formula is C47H50N2. The molecule has 0 radical (unpaired) electrons. The van der Waals surface area contributed by atoms with Crippen molar-refractivity contribution in [2.45, 2.75) is 84.5 Å². The Kier molecular flexibility index (Phi) is 9.32. The van der Waals surface area contributed by atoms with Crippen LogP contribution in [0.4, 0.5) is 28.4 Å². The Morgan fingerprint density at radius 2 is 1.04 bits per heavy atom. The van der Waals surface area contributed by atoms with E-state index in [1.807, 2.05) is 0 Å². The summed E-state index contributed by atoms with van der Waals surface area (Å²) in [7, 11) is 0. The number of anilines is 5. The lowest BCUT2D eigenvalue weighted by Crippen LogP contribution is -2.21. The van der Waals surface area contributed by atoms with Crippen LogP contribution in [0.5, 0.6) is 0 Å². The van der Waals surface area contributed by atoms with Crippen molar-refractivity contribution in [1.82, 2.24) is 0 Å². The monoisotopic (exact) mass is 642 g/mol. The van der Waals surface area contributed by atoms with Crippen molar-refractivity contribution in [1.29, 1.82) is 0 Å². The summed E-state index contributed by atoms with van der Waals surface area (Å²) in [5.41, 5.74) is 15.9. The van der Waals surface area contributed by atoms with Gasteiger partial charge in [-0.3, -0.25) is 0 Å². The summed E-state index contributed by atoms with van der Waals surface area (Å²) in [6.45, 7) is 11.5. The SMILES string of the molecule is CCC(C)c1ccc(-c2ccc(N(c3ccccc3)c3ccc(N(C4=CC5=C(CC4)CC5)c4ccc(C(C)(C)CC)cc4)cc3)cc2)cc1. The van der Waals surface area contributed by atoms with Crippen LogP contribution in [0.2, 0.25) is 0 Å². The van der Waals surface area contributed by atoms with Crippen LogP contribution in [-0.2, 0) is 5.41 Å². The first-order chi connectivity index (χ1) is 23.8. The summed E-state index contributed by atoms with van der Waals surface area (Å²) in [6.07, 6.45) is 9.48. The van der Waals surface area contributed by atoms with Gasteiger partial charge in [0.25, 0.3) is 0 Å². The fourth-order valence-electron chi connectivity index (χ4n) is 7.20. The second-order valence-corrected chi connectivity index (χ2v) is 14.5. The topological polar surface area (TPSA) is 6.48 Å². The van der Waals surface area contributed by atoms with E-state index in [-0.39, 0.29) is 5.41 Å². The molecule has 0 aromatic heterocycles. The van der Waals surface area contributed by atoms with Crippen molar-refractivity contribution in [2.24, 2.45) is 0 Å². The van der Waals surface area contributed by atoms with E-state index >= 15 is 0 Å². The summed E-state index contributed by atoms with van der Waals surface area (Å²) >= 11 is 0. The summed E-state index contributed by atoms with van der Waals surface area (Å²) < 4.78 is 0. The molecule has 7 rings (SSSR count). The molecule has 0 fully saturated rings. The predicted octanol–water partition coefficient (Wildman–Crippen LogP) is 13.9. The van der Waals surface area contributed by atoms with Crippen molar-refractivity contribution >= 4 is 28.4 Å². The molecule has 2 aliphatic rings. The molecular weight excluding hydrogens is 593 g/mol. The molecule has 0 heterocycles. The van der Waals surface area contributed by atoms with E-state index < -0.39 is 0 Å². The maximum atomic E-state index is 2.49. The highest BCUT2D eigenvalue weighted by molar-refractivity contribution is 5.80. The quantitative estimate of drug-likeness (QED) is 0.141. The third-order valence-electron chi connectivity index (χ3n) is 11.2. The lowest BCUT2D eigenvalue weighted by atomic mass is 9.80. The van der Waals surface area contributed by atoms with E-state index in [0.29, 0.717) is 5.92 Å². The first kappa shape index (κ1) is 32.7. The van der Waals surface area contributed by atoms with Gasteiger partial charge in [-0.2, -0.15) is 0 Å². The zero-order valence-electron chi connectivity index (χ0n) is 29.9. The van der Waals surface area contributed by atoms with Crippen LogP contribution in [0.15, 0.2) is 150 Å². The van der Waals surface area contributed by atoms with Crippen LogP contribution >= 0.6 is 0 Å². The zero-order chi connectivity index (χ0) is 34.0. The van der Waals surface area contributed by atoms with Crippen LogP contribution in [-0.4, -0.2) is 0 Å². The van der Waals surface area contributed by atoms with Gasteiger partial charge in [0.2, 0.25) is 0 Å². The van der Waals surface area contributed by atoms with Crippen molar-refractivity contribution in [3.05, 3.63) is 161 Å². The molecule has 49 heavy (non-hydrogen) atoms. The minimum absolute atomic E-state index is 0.165. The first-order valence-corrected chi connectivity index (χ1v) is 18.3. The number of hydrogen-bond acceptors (Lipinski definition) is 2. The third-order valence-corrected chi connectivity index (χ3v) is 11.2. The summed E-state index contributed by atoms with van der Waals surface area (Å²) in [5.74, 6) is 0.584. The van der Waals surface area contributed by atoms with Gasteiger partial charge in [-0.05, 0) is 144 Å². The molecule has 0 saturated heterocycles. The fourth-order valence-corrected chi connectivity index (χ4v) is 7.20. The molecule has 0 saturated carbocycles. The van der Waals surface area contributed by atoms with Gasteiger partial charge in [0.15, 0.2) is 0 Å². The summed E-state index contributed by atoms with van der Waals surface area (Å²) in [6, 6.07) is 47.3. The van der Waals surface area contributed by atoms with Gasteiger partial charge >= 0.3 is 0 Å². The second-order valence-electron chi connectivity index (χ2n) is 14.5. The largest absolute Gasteiger partial charge is 0.314 e. The molecule has 5 aromatic carbocycles. The van der Waals surface area contributed by atoms with E-state index in [4.69, 9.17) is 0 Å². The number of nitrogens with zero attached hydrogens (tertiary/aromatic N) is 2. The molecule has 2 aliphatic carbocycles. The van der Waals surface area contributed by atoms with Gasteiger partial charge in [0.05, 0.1) is 0 Å². The van der Waals surface area contributed by atoms with Gasteiger partial charge in [0.1, 0.15) is 0 Å². The highest BCUT2D eigenvalue weighted by Gasteiger charge is 2.25. The van der Waals surface area contributed by atoms with Crippen molar-refractivity contribution in [3.8, 4) is 11.1 Å². The summed E-state index contributed by atoms with van der Waals surface area (Å²) in [4.78, 5) is 4.85. The van der Waals surface area contributed by atoms with Gasteiger partial charge < -0.3 is 9.80 Å². The highest BCUT2D eigenvalue weighted by atomic mass is 15.2. The van der Waals surface area contributed by atoms with Crippen LogP contribution in [0.25, 0.3) is 11.1 Å². The first-order valence-electron chi connectivity index (χ1n) is 18.3. The Bertz CT molecular complexity index is 1930.